The highest BCUT2D eigenvalue weighted by atomic mass is 32.1. The smallest absolute Gasteiger partial charge is 0.226 e. The first-order valence-corrected chi connectivity index (χ1v) is 9.13. The number of amides is 1. The molecule has 0 aromatic carbocycles. The van der Waals surface area contributed by atoms with E-state index in [9.17, 15) is 4.79 Å². The van der Waals surface area contributed by atoms with Crippen LogP contribution in [0.1, 0.15) is 53.5 Å². The van der Waals surface area contributed by atoms with Crippen molar-refractivity contribution in [1.82, 2.24) is 19.7 Å². The van der Waals surface area contributed by atoms with Crippen LogP contribution >= 0.6 is 11.3 Å². The Morgan fingerprint density at radius 3 is 2.83 bits per heavy atom. The van der Waals surface area contributed by atoms with Crippen LogP contribution in [0.2, 0.25) is 0 Å². The van der Waals surface area contributed by atoms with Gasteiger partial charge in [0.05, 0.1) is 6.54 Å². The number of carbonyl (C=O) groups excluding carboxylic acids is 1. The van der Waals surface area contributed by atoms with Gasteiger partial charge in [0.2, 0.25) is 5.91 Å². The van der Waals surface area contributed by atoms with Gasteiger partial charge in [-0.15, -0.1) is 21.5 Å². The van der Waals surface area contributed by atoms with Crippen LogP contribution in [-0.2, 0) is 17.9 Å². The summed E-state index contributed by atoms with van der Waals surface area (Å²) in [5, 5.41) is 8.59. The van der Waals surface area contributed by atoms with Crippen molar-refractivity contribution in [2.75, 3.05) is 6.54 Å². The number of carbonyl (C=O) groups is 1. The van der Waals surface area contributed by atoms with E-state index in [1.807, 2.05) is 16.2 Å². The van der Waals surface area contributed by atoms with Crippen molar-refractivity contribution < 1.29 is 4.79 Å². The zero-order chi connectivity index (χ0) is 16.1. The molecule has 122 valence electrons. The van der Waals surface area contributed by atoms with Crippen molar-refractivity contribution in [3.63, 3.8) is 0 Å². The third-order valence-electron chi connectivity index (χ3n) is 4.84. The van der Waals surface area contributed by atoms with Crippen LogP contribution in [0.5, 0.6) is 0 Å². The SMILES string of the molecule is Cc1ccc([C@@H]2C[C@@H]2C(=O)N2CCn3c(nnc3C(C)C)C2)s1. The quantitative estimate of drug-likeness (QED) is 0.869. The molecule has 1 aliphatic carbocycles. The summed E-state index contributed by atoms with van der Waals surface area (Å²) in [5.41, 5.74) is 0. The summed E-state index contributed by atoms with van der Waals surface area (Å²) in [6.45, 7) is 8.58. The monoisotopic (exact) mass is 330 g/mol. The molecule has 1 aliphatic heterocycles. The van der Waals surface area contributed by atoms with Crippen molar-refractivity contribution in [1.29, 1.82) is 0 Å². The van der Waals surface area contributed by atoms with Crippen LogP contribution in [0.15, 0.2) is 12.1 Å². The molecule has 0 saturated heterocycles. The molecule has 0 spiro atoms. The van der Waals surface area contributed by atoms with Crippen LogP contribution in [0.3, 0.4) is 0 Å². The van der Waals surface area contributed by atoms with E-state index < -0.39 is 0 Å². The third kappa shape index (κ3) is 2.59. The lowest BCUT2D eigenvalue weighted by Gasteiger charge is -2.28. The zero-order valence-electron chi connectivity index (χ0n) is 13.8. The first-order valence-electron chi connectivity index (χ1n) is 8.31. The second kappa shape index (κ2) is 5.44. The van der Waals surface area contributed by atoms with Crippen molar-refractivity contribution in [3.05, 3.63) is 33.5 Å². The van der Waals surface area contributed by atoms with Crippen molar-refractivity contribution in [2.24, 2.45) is 5.92 Å². The minimum atomic E-state index is 0.173. The van der Waals surface area contributed by atoms with Gasteiger partial charge in [0, 0.05) is 40.6 Å². The topological polar surface area (TPSA) is 51.0 Å². The van der Waals surface area contributed by atoms with Crippen LogP contribution in [0, 0.1) is 12.8 Å². The molecule has 1 amide bonds. The Balaban J connectivity index is 1.45. The molecule has 2 aliphatic rings. The molecule has 3 heterocycles. The number of aryl methyl sites for hydroxylation is 1. The fourth-order valence-electron chi connectivity index (χ4n) is 3.47. The Morgan fingerprint density at radius 2 is 2.13 bits per heavy atom. The lowest BCUT2D eigenvalue weighted by Crippen LogP contribution is -2.39. The van der Waals surface area contributed by atoms with E-state index in [1.54, 1.807) is 0 Å². The van der Waals surface area contributed by atoms with Gasteiger partial charge in [-0.25, -0.2) is 0 Å². The summed E-state index contributed by atoms with van der Waals surface area (Å²) in [5.74, 6) is 3.23. The molecule has 2 aromatic rings. The van der Waals surface area contributed by atoms with E-state index in [-0.39, 0.29) is 5.92 Å². The van der Waals surface area contributed by atoms with Gasteiger partial charge in [0.25, 0.3) is 0 Å². The first kappa shape index (κ1) is 14.9. The summed E-state index contributed by atoms with van der Waals surface area (Å²) in [6, 6.07) is 4.33. The molecule has 5 nitrogen and oxygen atoms in total. The van der Waals surface area contributed by atoms with E-state index in [0.29, 0.717) is 24.3 Å². The Hall–Kier alpha value is -1.69. The highest BCUT2D eigenvalue weighted by Crippen LogP contribution is 2.50. The Morgan fingerprint density at radius 1 is 1.30 bits per heavy atom. The predicted molar refractivity (Wildman–Crippen MR) is 89.4 cm³/mol. The molecule has 6 heteroatoms. The van der Waals surface area contributed by atoms with E-state index in [1.165, 1.54) is 9.75 Å². The first-order chi connectivity index (χ1) is 11.0. The standard InChI is InChI=1S/C17H22N4OS/c1-10(2)16-19-18-15-9-20(6-7-21(15)16)17(22)13-8-12(13)14-5-4-11(3)23-14/h4-5,10,12-13H,6-9H2,1-3H3/t12-,13+/m1/s1. The zero-order valence-corrected chi connectivity index (χ0v) is 14.6. The normalized spacial score (nSPS) is 23.2. The highest BCUT2D eigenvalue weighted by Gasteiger charge is 2.47. The molecule has 0 unspecified atom stereocenters. The summed E-state index contributed by atoms with van der Waals surface area (Å²) in [7, 11) is 0. The van der Waals surface area contributed by atoms with E-state index >= 15 is 0 Å². The maximum atomic E-state index is 12.8. The van der Waals surface area contributed by atoms with Gasteiger partial charge in [0.15, 0.2) is 5.82 Å². The second-order valence-electron chi connectivity index (χ2n) is 6.94. The van der Waals surface area contributed by atoms with Gasteiger partial charge in [0.1, 0.15) is 5.82 Å². The molecule has 1 fully saturated rings. The number of thiophene rings is 1. The number of nitrogens with zero attached hydrogens (tertiary/aromatic N) is 4. The number of fused-ring (bicyclic) bond motifs is 1. The highest BCUT2D eigenvalue weighted by molar-refractivity contribution is 7.12. The lowest BCUT2D eigenvalue weighted by molar-refractivity contribution is -0.134. The maximum absolute atomic E-state index is 12.8. The van der Waals surface area contributed by atoms with Crippen LogP contribution in [0.25, 0.3) is 0 Å². The molecular formula is C17H22N4OS. The average molecular weight is 330 g/mol. The fraction of sp³-hybridized carbons (Fsp3) is 0.588. The van der Waals surface area contributed by atoms with Crippen LogP contribution in [0.4, 0.5) is 0 Å². The molecule has 0 N–H and O–H groups in total. The van der Waals surface area contributed by atoms with Gasteiger partial charge >= 0.3 is 0 Å². The van der Waals surface area contributed by atoms with Gasteiger partial charge in [-0.3, -0.25) is 4.79 Å². The molecule has 2 atom stereocenters. The number of hydrogen-bond acceptors (Lipinski definition) is 4. The van der Waals surface area contributed by atoms with Crippen molar-refractivity contribution >= 4 is 17.2 Å². The Labute approximate surface area is 140 Å². The average Bonchev–Trinajstić information content (AvgIpc) is 3.01. The number of hydrogen-bond donors (Lipinski definition) is 0. The maximum Gasteiger partial charge on any atom is 0.226 e. The summed E-state index contributed by atoms with van der Waals surface area (Å²) in [4.78, 5) is 17.4. The summed E-state index contributed by atoms with van der Waals surface area (Å²) >= 11 is 1.82. The molecule has 0 bridgehead atoms. The minimum Gasteiger partial charge on any atom is -0.333 e. The van der Waals surface area contributed by atoms with Crippen LogP contribution in [-0.4, -0.2) is 32.1 Å². The summed E-state index contributed by atoms with van der Waals surface area (Å²) < 4.78 is 2.18. The van der Waals surface area contributed by atoms with Gasteiger partial charge < -0.3 is 9.47 Å². The van der Waals surface area contributed by atoms with E-state index in [2.05, 4.69) is 47.7 Å². The molecule has 23 heavy (non-hydrogen) atoms. The van der Waals surface area contributed by atoms with Crippen LogP contribution < -0.4 is 0 Å². The molecular weight excluding hydrogens is 308 g/mol. The van der Waals surface area contributed by atoms with Crippen molar-refractivity contribution in [2.45, 2.75) is 52.1 Å². The second-order valence-corrected chi connectivity index (χ2v) is 8.26. The van der Waals surface area contributed by atoms with Crippen molar-refractivity contribution in [3.8, 4) is 0 Å². The Bertz CT molecular complexity index is 748. The number of rotatable bonds is 3. The summed E-state index contributed by atoms with van der Waals surface area (Å²) in [6.07, 6.45) is 0.999. The van der Waals surface area contributed by atoms with E-state index in [4.69, 9.17) is 0 Å². The van der Waals surface area contributed by atoms with Gasteiger partial charge in [-0.2, -0.15) is 0 Å². The minimum absolute atomic E-state index is 0.173. The molecule has 0 radical (unpaired) electrons. The molecule has 4 rings (SSSR count). The van der Waals surface area contributed by atoms with E-state index in [0.717, 1.165) is 31.2 Å². The van der Waals surface area contributed by atoms with Gasteiger partial charge in [-0.1, -0.05) is 13.8 Å². The largest absolute Gasteiger partial charge is 0.333 e. The predicted octanol–water partition coefficient (Wildman–Crippen LogP) is 2.92. The third-order valence-corrected chi connectivity index (χ3v) is 5.98. The molecule has 1 saturated carbocycles. The molecule has 2 aromatic heterocycles. The Kier molecular flexibility index (Phi) is 3.52. The lowest BCUT2D eigenvalue weighted by atomic mass is 10.2. The fourth-order valence-corrected chi connectivity index (χ4v) is 4.52. The number of aromatic nitrogens is 3. The van der Waals surface area contributed by atoms with Gasteiger partial charge in [-0.05, 0) is 25.5 Å².